The molecule has 26 heavy (non-hydrogen) atoms. The standard InChI is InChI=1S/C21H25N5/c1-4-26(5-2)19-12-10-17(11-13-19)23-20-14-15-22-21(25-20)24-18-8-6-16(3)7-9-18/h6-15H,4-5H2,1-3H3,(H2,22,23,24,25). The highest BCUT2D eigenvalue weighted by Crippen LogP contribution is 2.21. The Morgan fingerprint density at radius 1 is 0.808 bits per heavy atom. The van der Waals surface area contributed by atoms with Gasteiger partial charge in [0.2, 0.25) is 5.95 Å². The van der Waals surface area contributed by atoms with Gasteiger partial charge in [-0.15, -0.1) is 0 Å². The molecule has 0 aliphatic heterocycles. The topological polar surface area (TPSA) is 53.1 Å². The van der Waals surface area contributed by atoms with E-state index in [2.05, 4.69) is 82.7 Å². The van der Waals surface area contributed by atoms with Gasteiger partial charge in [-0.2, -0.15) is 4.98 Å². The van der Waals surface area contributed by atoms with Crippen molar-refractivity contribution in [3.8, 4) is 0 Å². The van der Waals surface area contributed by atoms with Crippen molar-refractivity contribution < 1.29 is 0 Å². The summed E-state index contributed by atoms with van der Waals surface area (Å²) in [5.74, 6) is 1.32. The maximum atomic E-state index is 4.53. The van der Waals surface area contributed by atoms with E-state index in [-0.39, 0.29) is 0 Å². The zero-order valence-electron chi connectivity index (χ0n) is 15.5. The first-order valence-corrected chi connectivity index (χ1v) is 8.96. The average Bonchev–Trinajstić information content (AvgIpc) is 2.66. The molecule has 134 valence electrons. The lowest BCUT2D eigenvalue weighted by Crippen LogP contribution is -2.21. The van der Waals surface area contributed by atoms with Crippen LogP contribution in [-0.2, 0) is 0 Å². The van der Waals surface area contributed by atoms with Gasteiger partial charge in [-0.1, -0.05) is 17.7 Å². The Morgan fingerprint density at radius 2 is 1.42 bits per heavy atom. The first-order chi connectivity index (χ1) is 12.7. The number of nitrogens with zero attached hydrogens (tertiary/aromatic N) is 3. The fourth-order valence-electron chi connectivity index (χ4n) is 2.75. The summed E-state index contributed by atoms with van der Waals surface area (Å²) in [5, 5.41) is 6.56. The van der Waals surface area contributed by atoms with E-state index in [1.165, 1.54) is 11.3 Å². The minimum Gasteiger partial charge on any atom is -0.372 e. The van der Waals surface area contributed by atoms with E-state index in [1.807, 2.05) is 18.2 Å². The highest BCUT2D eigenvalue weighted by molar-refractivity contribution is 5.62. The van der Waals surface area contributed by atoms with Crippen molar-refractivity contribution in [2.75, 3.05) is 28.6 Å². The van der Waals surface area contributed by atoms with E-state index >= 15 is 0 Å². The Labute approximate surface area is 155 Å². The Balaban J connectivity index is 1.69. The van der Waals surface area contributed by atoms with Crippen LogP contribution in [0.3, 0.4) is 0 Å². The summed E-state index contributed by atoms with van der Waals surface area (Å²) in [7, 11) is 0. The molecule has 0 fully saturated rings. The fourth-order valence-corrected chi connectivity index (χ4v) is 2.75. The quantitative estimate of drug-likeness (QED) is 0.621. The van der Waals surface area contributed by atoms with Gasteiger partial charge in [-0.05, 0) is 63.2 Å². The molecule has 0 saturated heterocycles. The number of anilines is 5. The van der Waals surface area contributed by atoms with Crippen molar-refractivity contribution >= 4 is 28.8 Å². The zero-order valence-corrected chi connectivity index (χ0v) is 15.5. The van der Waals surface area contributed by atoms with E-state index in [9.17, 15) is 0 Å². The van der Waals surface area contributed by atoms with Crippen LogP contribution in [0.25, 0.3) is 0 Å². The first kappa shape index (κ1) is 17.7. The van der Waals surface area contributed by atoms with E-state index < -0.39 is 0 Å². The van der Waals surface area contributed by atoms with Crippen molar-refractivity contribution in [3.05, 3.63) is 66.4 Å². The van der Waals surface area contributed by atoms with Crippen molar-refractivity contribution in [3.63, 3.8) is 0 Å². The van der Waals surface area contributed by atoms with Gasteiger partial charge in [-0.25, -0.2) is 4.98 Å². The molecule has 2 aromatic carbocycles. The number of benzene rings is 2. The number of hydrogen-bond acceptors (Lipinski definition) is 5. The molecule has 2 N–H and O–H groups in total. The molecule has 5 heteroatoms. The number of hydrogen-bond donors (Lipinski definition) is 2. The summed E-state index contributed by atoms with van der Waals surface area (Å²) < 4.78 is 0. The van der Waals surface area contributed by atoms with E-state index in [4.69, 9.17) is 0 Å². The molecule has 5 nitrogen and oxygen atoms in total. The summed E-state index contributed by atoms with van der Waals surface area (Å²) in [4.78, 5) is 11.1. The summed E-state index contributed by atoms with van der Waals surface area (Å²) in [6, 6.07) is 18.4. The zero-order chi connectivity index (χ0) is 18.4. The number of rotatable bonds is 7. The average molecular weight is 347 g/mol. The molecule has 0 aliphatic carbocycles. The second-order valence-electron chi connectivity index (χ2n) is 6.10. The largest absolute Gasteiger partial charge is 0.372 e. The fraction of sp³-hybridized carbons (Fsp3) is 0.238. The van der Waals surface area contributed by atoms with Gasteiger partial charge in [0.1, 0.15) is 5.82 Å². The van der Waals surface area contributed by atoms with Crippen molar-refractivity contribution in [1.29, 1.82) is 0 Å². The molecule has 0 saturated carbocycles. The van der Waals surface area contributed by atoms with Gasteiger partial charge in [0.15, 0.2) is 0 Å². The lowest BCUT2D eigenvalue weighted by molar-refractivity contribution is 0.866. The Hall–Kier alpha value is -3.08. The molecular formula is C21H25N5. The highest BCUT2D eigenvalue weighted by Gasteiger charge is 2.03. The van der Waals surface area contributed by atoms with E-state index in [0.717, 1.165) is 30.3 Å². The van der Waals surface area contributed by atoms with Crippen molar-refractivity contribution in [2.24, 2.45) is 0 Å². The molecule has 0 spiro atoms. The van der Waals surface area contributed by atoms with Gasteiger partial charge < -0.3 is 15.5 Å². The predicted molar refractivity (Wildman–Crippen MR) is 110 cm³/mol. The van der Waals surface area contributed by atoms with Crippen LogP contribution in [0.1, 0.15) is 19.4 Å². The molecule has 0 radical (unpaired) electrons. The monoisotopic (exact) mass is 347 g/mol. The molecular weight excluding hydrogens is 322 g/mol. The molecule has 0 bridgehead atoms. The minimum absolute atomic E-state index is 0.568. The van der Waals surface area contributed by atoms with Gasteiger partial charge >= 0.3 is 0 Å². The van der Waals surface area contributed by atoms with Gasteiger partial charge in [0.05, 0.1) is 0 Å². The summed E-state index contributed by atoms with van der Waals surface area (Å²) in [5.41, 5.74) is 4.42. The molecule has 1 heterocycles. The molecule has 3 aromatic rings. The summed E-state index contributed by atoms with van der Waals surface area (Å²) in [6.07, 6.45) is 1.75. The molecule has 0 unspecified atom stereocenters. The second-order valence-corrected chi connectivity index (χ2v) is 6.10. The summed E-state index contributed by atoms with van der Waals surface area (Å²) in [6.45, 7) is 8.40. The van der Waals surface area contributed by atoms with Crippen LogP contribution in [0.5, 0.6) is 0 Å². The molecule has 0 atom stereocenters. The minimum atomic E-state index is 0.568. The van der Waals surface area contributed by atoms with E-state index in [1.54, 1.807) is 6.20 Å². The number of aromatic nitrogens is 2. The lowest BCUT2D eigenvalue weighted by atomic mass is 10.2. The predicted octanol–water partition coefficient (Wildman–Crippen LogP) is 5.12. The third-order valence-corrected chi connectivity index (χ3v) is 4.23. The van der Waals surface area contributed by atoms with Crippen LogP contribution in [0, 0.1) is 6.92 Å². The molecule has 0 aliphatic rings. The maximum Gasteiger partial charge on any atom is 0.229 e. The van der Waals surface area contributed by atoms with Gasteiger partial charge in [-0.3, -0.25) is 0 Å². The first-order valence-electron chi connectivity index (χ1n) is 8.96. The summed E-state index contributed by atoms with van der Waals surface area (Å²) >= 11 is 0. The molecule has 1 aromatic heterocycles. The Bertz CT molecular complexity index is 824. The van der Waals surface area contributed by atoms with Crippen LogP contribution in [0.2, 0.25) is 0 Å². The smallest absolute Gasteiger partial charge is 0.229 e. The number of aryl methyl sites for hydroxylation is 1. The van der Waals surface area contributed by atoms with E-state index in [0.29, 0.717) is 5.95 Å². The molecule has 3 rings (SSSR count). The van der Waals surface area contributed by atoms with Crippen LogP contribution >= 0.6 is 0 Å². The van der Waals surface area contributed by atoms with Crippen LogP contribution < -0.4 is 15.5 Å². The SMILES string of the molecule is CCN(CC)c1ccc(Nc2ccnc(Nc3ccc(C)cc3)n2)cc1. The number of nitrogens with one attached hydrogen (secondary N) is 2. The normalized spacial score (nSPS) is 10.4. The van der Waals surface area contributed by atoms with Crippen LogP contribution in [0.15, 0.2) is 60.8 Å². The van der Waals surface area contributed by atoms with Crippen LogP contribution in [-0.4, -0.2) is 23.1 Å². The third-order valence-electron chi connectivity index (χ3n) is 4.23. The molecule has 0 amide bonds. The van der Waals surface area contributed by atoms with Crippen molar-refractivity contribution in [2.45, 2.75) is 20.8 Å². The lowest BCUT2D eigenvalue weighted by Gasteiger charge is -2.21. The van der Waals surface area contributed by atoms with Gasteiger partial charge in [0.25, 0.3) is 0 Å². The van der Waals surface area contributed by atoms with Crippen molar-refractivity contribution in [1.82, 2.24) is 9.97 Å². The van der Waals surface area contributed by atoms with Crippen LogP contribution in [0.4, 0.5) is 28.8 Å². The van der Waals surface area contributed by atoms with Gasteiger partial charge in [0, 0.05) is 36.3 Å². The Kier molecular flexibility index (Phi) is 5.69. The maximum absolute atomic E-state index is 4.53. The third kappa shape index (κ3) is 4.51. The Morgan fingerprint density at radius 3 is 2.08 bits per heavy atom. The highest BCUT2D eigenvalue weighted by atomic mass is 15.1. The second kappa shape index (κ2) is 8.34.